The number of nitrogens with zero attached hydrogens (tertiary/aromatic N) is 4. The summed E-state index contributed by atoms with van der Waals surface area (Å²) in [6, 6.07) is 8.26. The SMILES string of the molecule is C[C@H]1Oc2cc(cnc2N)-c2c(nn(C)c2C#N)CP(C)(=O)Cc2ccc(F)cc21. The van der Waals surface area contributed by atoms with E-state index in [0.717, 1.165) is 5.56 Å². The number of rotatable bonds is 0. The Hall–Kier alpha value is -3.17. The number of nitrogens with two attached hydrogens (primary N) is 1. The molecule has 1 aliphatic heterocycles. The molecule has 2 aromatic heterocycles. The molecule has 0 saturated carbocycles. The van der Waals surface area contributed by atoms with E-state index in [2.05, 4.69) is 16.2 Å². The summed E-state index contributed by atoms with van der Waals surface area (Å²) in [5.74, 6) is 0.118. The zero-order valence-electron chi connectivity index (χ0n) is 16.9. The number of anilines is 1. The van der Waals surface area contributed by atoms with Crippen molar-refractivity contribution in [1.82, 2.24) is 14.8 Å². The molecule has 4 rings (SSSR count). The van der Waals surface area contributed by atoms with Gasteiger partial charge in [-0.05, 0) is 42.9 Å². The summed E-state index contributed by atoms with van der Waals surface area (Å²) in [5, 5.41) is 14.1. The Bertz CT molecular complexity index is 1250. The van der Waals surface area contributed by atoms with E-state index >= 15 is 0 Å². The van der Waals surface area contributed by atoms with Gasteiger partial charge in [-0.15, -0.1) is 0 Å². The summed E-state index contributed by atoms with van der Waals surface area (Å²) in [5.41, 5.74) is 9.46. The quantitative estimate of drug-likeness (QED) is 0.541. The van der Waals surface area contributed by atoms with Crippen LogP contribution in [0.4, 0.5) is 10.2 Å². The third-order valence-corrected chi connectivity index (χ3v) is 7.21. The molecule has 3 aromatic rings. The lowest BCUT2D eigenvalue weighted by atomic mass is 10.0. The van der Waals surface area contributed by atoms with E-state index in [1.54, 1.807) is 39.0 Å². The molecule has 30 heavy (non-hydrogen) atoms. The first-order chi connectivity index (χ1) is 14.2. The van der Waals surface area contributed by atoms with Gasteiger partial charge >= 0.3 is 0 Å². The molecular formula is C21H21FN5O2P. The van der Waals surface area contributed by atoms with Gasteiger partial charge in [0.1, 0.15) is 23.7 Å². The molecule has 0 amide bonds. The molecule has 9 heteroatoms. The van der Waals surface area contributed by atoms with Crippen molar-refractivity contribution < 1.29 is 13.7 Å². The number of benzene rings is 1. The molecule has 3 heterocycles. The second-order valence-corrected chi connectivity index (χ2v) is 11.0. The molecular weight excluding hydrogens is 404 g/mol. The van der Waals surface area contributed by atoms with Gasteiger partial charge in [0.25, 0.3) is 0 Å². The largest absolute Gasteiger partial charge is 0.482 e. The number of halogens is 1. The highest BCUT2D eigenvalue weighted by molar-refractivity contribution is 7.61. The monoisotopic (exact) mass is 425 g/mol. The van der Waals surface area contributed by atoms with Gasteiger partial charge in [0.15, 0.2) is 11.6 Å². The molecule has 1 aliphatic rings. The van der Waals surface area contributed by atoms with Crippen LogP contribution in [0, 0.1) is 17.1 Å². The van der Waals surface area contributed by atoms with E-state index in [1.807, 2.05) is 0 Å². The molecule has 0 saturated heterocycles. The van der Waals surface area contributed by atoms with Crippen LogP contribution in [-0.2, 0) is 23.9 Å². The predicted octanol–water partition coefficient (Wildman–Crippen LogP) is 4.22. The summed E-state index contributed by atoms with van der Waals surface area (Å²) >= 11 is 0. The smallest absolute Gasteiger partial charge is 0.166 e. The maximum Gasteiger partial charge on any atom is 0.166 e. The molecule has 7 nitrogen and oxygen atoms in total. The summed E-state index contributed by atoms with van der Waals surface area (Å²) in [6.45, 7) is 3.49. The third-order valence-electron chi connectivity index (χ3n) is 5.23. The summed E-state index contributed by atoms with van der Waals surface area (Å²) in [7, 11) is -1.11. The van der Waals surface area contributed by atoms with Crippen LogP contribution in [-0.4, -0.2) is 21.4 Å². The minimum atomic E-state index is -2.78. The maximum absolute atomic E-state index is 14.0. The number of aryl methyl sites for hydroxylation is 1. The number of nitrogen functional groups attached to an aromatic ring is 1. The van der Waals surface area contributed by atoms with Crippen LogP contribution in [0.2, 0.25) is 0 Å². The van der Waals surface area contributed by atoms with Crippen LogP contribution < -0.4 is 10.5 Å². The lowest BCUT2D eigenvalue weighted by Gasteiger charge is -2.22. The first-order valence-corrected chi connectivity index (χ1v) is 11.9. The highest BCUT2D eigenvalue weighted by atomic mass is 31.2. The van der Waals surface area contributed by atoms with Gasteiger partial charge in [-0.3, -0.25) is 4.68 Å². The van der Waals surface area contributed by atoms with Crippen LogP contribution in [0.1, 0.15) is 35.5 Å². The Labute approximate surface area is 173 Å². The summed E-state index contributed by atoms with van der Waals surface area (Å²) in [4.78, 5) is 4.22. The van der Waals surface area contributed by atoms with Crippen LogP contribution in [0.3, 0.4) is 0 Å². The molecule has 1 unspecified atom stereocenters. The van der Waals surface area contributed by atoms with Crippen molar-refractivity contribution >= 4 is 13.0 Å². The summed E-state index contributed by atoms with van der Waals surface area (Å²) < 4.78 is 35.1. The number of fused-ring (bicyclic) bond motifs is 5. The van der Waals surface area contributed by atoms with E-state index in [9.17, 15) is 14.2 Å². The van der Waals surface area contributed by atoms with E-state index in [0.29, 0.717) is 33.8 Å². The first kappa shape index (κ1) is 20.1. The topological polar surface area (TPSA) is 107 Å². The van der Waals surface area contributed by atoms with E-state index in [4.69, 9.17) is 10.5 Å². The van der Waals surface area contributed by atoms with Gasteiger partial charge in [0, 0.05) is 36.7 Å². The Kier molecular flexibility index (Phi) is 4.87. The molecule has 154 valence electrons. The zero-order chi connectivity index (χ0) is 21.6. The van der Waals surface area contributed by atoms with Gasteiger partial charge in [0.05, 0.1) is 12.8 Å². The van der Waals surface area contributed by atoms with E-state index in [1.165, 1.54) is 16.8 Å². The van der Waals surface area contributed by atoms with Crippen LogP contribution in [0.5, 0.6) is 5.75 Å². The van der Waals surface area contributed by atoms with Crippen molar-refractivity contribution in [2.24, 2.45) is 7.05 Å². The fourth-order valence-corrected chi connectivity index (χ4v) is 5.86. The minimum absolute atomic E-state index is 0.186. The third kappa shape index (κ3) is 3.57. The minimum Gasteiger partial charge on any atom is -0.482 e. The van der Waals surface area contributed by atoms with E-state index < -0.39 is 19.1 Å². The van der Waals surface area contributed by atoms with Crippen molar-refractivity contribution in [3.8, 4) is 22.9 Å². The molecule has 0 radical (unpaired) electrons. The van der Waals surface area contributed by atoms with Crippen molar-refractivity contribution in [1.29, 1.82) is 5.26 Å². The fraction of sp³-hybridized carbons (Fsp3) is 0.286. The number of hydrogen-bond acceptors (Lipinski definition) is 6. The fourth-order valence-electron chi connectivity index (χ4n) is 3.88. The van der Waals surface area contributed by atoms with Crippen molar-refractivity contribution in [3.05, 3.63) is 58.8 Å². The van der Waals surface area contributed by atoms with Gasteiger partial charge in [0.2, 0.25) is 0 Å². The van der Waals surface area contributed by atoms with Crippen molar-refractivity contribution in [3.63, 3.8) is 0 Å². The van der Waals surface area contributed by atoms with Crippen molar-refractivity contribution in [2.75, 3.05) is 12.4 Å². The van der Waals surface area contributed by atoms with Crippen LogP contribution >= 0.6 is 7.14 Å². The van der Waals surface area contributed by atoms with E-state index in [-0.39, 0.29) is 18.1 Å². The van der Waals surface area contributed by atoms with Crippen molar-refractivity contribution in [2.45, 2.75) is 25.4 Å². The molecule has 0 fully saturated rings. The number of nitriles is 1. The number of hydrogen-bond donors (Lipinski definition) is 1. The van der Waals surface area contributed by atoms with Gasteiger partial charge in [-0.2, -0.15) is 10.4 Å². The number of pyridine rings is 1. The van der Waals surface area contributed by atoms with Gasteiger partial charge in [-0.1, -0.05) is 6.07 Å². The zero-order valence-corrected chi connectivity index (χ0v) is 17.8. The van der Waals surface area contributed by atoms with Gasteiger partial charge < -0.3 is 15.0 Å². The molecule has 2 N–H and O–H groups in total. The Morgan fingerprint density at radius 2 is 2.13 bits per heavy atom. The number of ether oxygens (including phenoxy) is 1. The first-order valence-electron chi connectivity index (χ1n) is 9.41. The average molecular weight is 425 g/mol. The van der Waals surface area contributed by atoms with Crippen LogP contribution in [0.25, 0.3) is 11.1 Å². The lowest BCUT2D eigenvalue weighted by molar-refractivity contribution is 0.226. The normalized spacial score (nSPS) is 20.7. The molecule has 0 aliphatic carbocycles. The predicted molar refractivity (Wildman–Crippen MR) is 112 cm³/mol. The molecule has 1 aromatic carbocycles. The Morgan fingerprint density at radius 3 is 2.87 bits per heavy atom. The van der Waals surface area contributed by atoms with Gasteiger partial charge in [-0.25, -0.2) is 9.37 Å². The highest BCUT2D eigenvalue weighted by Gasteiger charge is 2.28. The summed E-state index contributed by atoms with van der Waals surface area (Å²) in [6.07, 6.45) is 1.46. The standard InChI is InChI=1S/C21H21FN5O2P/c1-12-16-7-15(22)5-4-13(16)10-30(3,28)11-17-20(18(8-23)27(2)26-17)14-6-19(29-12)21(24)25-9-14/h4-7,9,12H,10-11H2,1-3H3,(H2,24,25)/t12-,30?/m1/s1. The molecule has 0 spiro atoms. The van der Waals surface area contributed by atoms with Crippen LogP contribution in [0.15, 0.2) is 30.5 Å². The lowest BCUT2D eigenvalue weighted by Crippen LogP contribution is -2.10. The average Bonchev–Trinajstić information content (AvgIpc) is 2.98. The maximum atomic E-state index is 14.0. The number of aromatic nitrogens is 3. The second kappa shape index (κ2) is 7.26. The Morgan fingerprint density at radius 1 is 1.37 bits per heavy atom. The molecule has 2 atom stereocenters. The second-order valence-electron chi connectivity index (χ2n) is 7.73. The molecule has 2 bridgehead atoms. The Balaban J connectivity index is 1.98. The highest BCUT2D eigenvalue weighted by Crippen LogP contribution is 2.51.